The Morgan fingerprint density at radius 1 is 1.16 bits per heavy atom. The summed E-state index contributed by atoms with van der Waals surface area (Å²) in [5, 5.41) is 5.76. The predicted octanol–water partition coefficient (Wildman–Crippen LogP) is 2.27. The van der Waals surface area contributed by atoms with Crippen molar-refractivity contribution in [3.8, 4) is 0 Å². The standard InChI is InChI=1S/C18H23N3O4/c1-18(2,3)21-17(24)20-15(22)11-25-16(23)9-8-12-10-19-14-7-5-4-6-13(12)14/h4-7,10,19H,8-9,11H2,1-3H3,(H2,20,21,22,24). The zero-order valence-corrected chi connectivity index (χ0v) is 14.6. The quantitative estimate of drug-likeness (QED) is 0.724. The fraction of sp³-hybridized carbons (Fsp3) is 0.389. The number of aryl methyl sites for hydroxylation is 1. The van der Waals surface area contributed by atoms with Crippen molar-refractivity contribution >= 4 is 28.8 Å². The third kappa shape index (κ3) is 5.95. The van der Waals surface area contributed by atoms with E-state index < -0.39 is 30.1 Å². The van der Waals surface area contributed by atoms with Crippen molar-refractivity contribution in [1.82, 2.24) is 15.6 Å². The monoisotopic (exact) mass is 345 g/mol. The molecule has 7 heteroatoms. The second kappa shape index (κ2) is 7.83. The highest BCUT2D eigenvalue weighted by molar-refractivity contribution is 5.95. The summed E-state index contributed by atoms with van der Waals surface area (Å²) in [6.07, 6.45) is 2.53. The van der Waals surface area contributed by atoms with Gasteiger partial charge in [0.25, 0.3) is 5.91 Å². The number of hydrogen-bond acceptors (Lipinski definition) is 4. The maximum Gasteiger partial charge on any atom is 0.321 e. The van der Waals surface area contributed by atoms with Gasteiger partial charge < -0.3 is 15.0 Å². The number of esters is 1. The fourth-order valence-corrected chi connectivity index (χ4v) is 2.33. The van der Waals surface area contributed by atoms with Crippen molar-refractivity contribution in [3.05, 3.63) is 36.0 Å². The van der Waals surface area contributed by atoms with E-state index in [1.54, 1.807) is 20.8 Å². The summed E-state index contributed by atoms with van der Waals surface area (Å²) in [7, 11) is 0. The topological polar surface area (TPSA) is 100 Å². The molecule has 3 N–H and O–H groups in total. The van der Waals surface area contributed by atoms with Crippen molar-refractivity contribution in [2.75, 3.05) is 6.61 Å². The molecule has 0 bridgehead atoms. The number of urea groups is 1. The van der Waals surface area contributed by atoms with Crippen molar-refractivity contribution < 1.29 is 19.1 Å². The molecule has 0 fully saturated rings. The van der Waals surface area contributed by atoms with Crippen LogP contribution in [0.1, 0.15) is 32.8 Å². The van der Waals surface area contributed by atoms with E-state index in [0.29, 0.717) is 6.42 Å². The molecular formula is C18H23N3O4. The van der Waals surface area contributed by atoms with E-state index >= 15 is 0 Å². The molecule has 1 heterocycles. The number of para-hydroxylation sites is 1. The summed E-state index contributed by atoms with van der Waals surface area (Å²) < 4.78 is 4.90. The van der Waals surface area contributed by atoms with Gasteiger partial charge in [0.15, 0.2) is 6.61 Å². The molecule has 0 saturated heterocycles. The van der Waals surface area contributed by atoms with Gasteiger partial charge in [0.05, 0.1) is 0 Å². The molecule has 1 aromatic heterocycles. The molecule has 134 valence electrons. The Balaban J connectivity index is 1.73. The minimum absolute atomic E-state index is 0.156. The molecule has 0 atom stereocenters. The molecule has 0 radical (unpaired) electrons. The summed E-state index contributed by atoms with van der Waals surface area (Å²) in [5.41, 5.74) is 1.57. The van der Waals surface area contributed by atoms with Crippen molar-refractivity contribution in [3.63, 3.8) is 0 Å². The Hall–Kier alpha value is -2.83. The lowest BCUT2D eigenvalue weighted by molar-refractivity contribution is -0.148. The average molecular weight is 345 g/mol. The van der Waals surface area contributed by atoms with Gasteiger partial charge in [-0.25, -0.2) is 4.79 Å². The van der Waals surface area contributed by atoms with Gasteiger partial charge in [-0.15, -0.1) is 0 Å². The molecule has 7 nitrogen and oxygen atoms in total. The third-order valence-electron chi connectivity index (χ3n) is 3.38. The Bertz CT molecular complexity index is 774. The van der Waals surface area contributed by atoms with Gasteiger partial charge in [-0.05, 0) is 38.8 Å². The number of aromatic amines is 1. The number of carbonyl (C=O) groups is 3. The number of H-pyrrole nitrogens is 1. The number of ether oxygens (including phenoxy) is 1. The Kier molecular flexibility index (Phi) is 5.80. The van der Waals surface area contributed by atoms with Crippen LogP contribution in [0.5, 0.6) is 0 Å². The van der Waals surface area contributed by atoms with E-state index in [0.717, 1.165) is 16.5 Å². The number of carbonyl (C=O) groups excluding carboxylic acids is 3. The lowest BCUT2D eigenvalue weighted by atomic mass is 10.1. The molecule has 3 amide bonds. The van der Waals surface area contributed by atoms with E-state index in [1.165, 1.54) is 0 Å². The molecule has 0 spiro atoms. The summed E-state index contributed by atoms with van der Waals surface area (Å²) >= 11 is 0. The summed E-state index contributed by atoms with van der Waals surface area (Å²) in [4.78, 5) is 38.1. The molecule has 25 heavy (non-hydrogen) atoms. The third-order valence-corrected chi connectivity index (χ3v) is 3.38. The minimum atomic E-state index is -0.665. The average Bonchev–Trinajstić information content (AvgIpc) is 2.92. The lowest BCUT2D eigenvalue weighted by Gasteiger charge is -2.20. The van der Waals surface area contributed by atoms with E-state index in [4.69, 9.17) is 4.74 Å². The fourth-order valence-electron chi connectivity index (χ4n) is 2.33. The Morgan fingerprint density at radius 2 is 1.88 bits per heavy atom. The van der Waals surface area contributed by atoms with Crippen LogP contribution in [0.15, 0.2) is 30.5 Å². The highest BCUT2D eigenvalue weighted by atomic mass is 16.5. The summed E-state index contributed by atoms with van der Waals surface area (Å²) in [5.74, 6) is -1.15. The molecule has 2 aromatic rings. The van der Waals surface area contributed by atoms with Crippen LogP contribution < -0.4 is 10.6 Å². The normalized spacial score (nSPS) is 11.2. The maximum atomic E-state index is 11.8. The number of hydrogen-bond donors (Lipinski definition) is 3. The number of rotatable bonds is 5. The zero-order chi connectivity index (χ0) is 18.4. The smallest absolute Gasteiger partial charge is 0.321 e. The van der Waals surface area contributed by atoms with Crippen molar-refractivity contribution in [1.29, 1.82) is 0 Å². The van der Waals surface area contributed by atoms with Gasteiger partial charge >= 0.3 is 12.0 Å². The van der Waals surface area contributed by atoms with Gasteiger partial charge in [0.1, 0.15) is 0 Å². The highest BCUT2D eigenvalue weighted by Gasteiger charge is 2.16. The molecule has 2 rings (SSSR count). The van der Waals surface area contributed by atoms with Gasteiger partial charge in [-0.2, -0.15) is 0 Å². The lowest BCUT2D eigenvalue weighted by Crippen LogP contribution is -2.49. The van der Waals surface area contributed by atoms with Gasteiger partial charge in [0.2, 0.25) is 0 Å². The molecule has 0 saturated carbocycles. The summed E-state index contributed by atoms with van der Waals surface area (Å²) in [6.45, 7) is 4.90. The Labute approximate surface area is 146 Å². The van der Waals surface area contributed by atoms with Crippen LogP contribution in [0.3, 0.4) is 0 Å². The van der Waals surface area contributed by atoms with Crippen molar-refractivity contribution in [2.24, 2.45) is 0 Å². The van der Waals surface area contributed by atoms with E-state index in [9.17, 15) is 14.4 Å². The highest BCUT2D eigenvalue weighted by Crippen LogP contribution is 2.19. The van der Waals surface area contributed by atoms with Gasteiger partial charge in [0, 0.05) is 29.1 Å². The molecule has 0 aliphatic heterocycles. The SMILES string of the molecule is CC(C)(C)NC(=O)NC(=O)COC(=O)CCc1c[nH]c2ccccc12. The van der Waals surface area contributed by atoms with Gasteiger partial charge in [-0.3, -0.25) is 14.9 Å². The number of fused-ring (bicyclic) bond motifs is 1. The molecule has 0 aliphatic carbocycles. The van der Waals surface area contributed by atoms with E-state index in [2.05, 4.69) is 15.6 Å². The first-order valence-corrected chi connectivity index (χ1v) is 8.07. The molecule has 0 aliphatic rings. The van der Waals surface area contributed by atoms with Crippen LogP contribution in [-0.2, 0) is 20.7 Å². The van der Waals surface area contributed by atoms with E-state index in [1.807, 2.05) is 30.5 Å². The van der Waals surface area contributed by atoms with Crippen LogP contribution in [0.4, 0.5) is 4.79 Å². The minimum Gasteiger partial charge on any atom is -0.456 e. The first kappa shape index (κ1) is 18.5. The number of nitrogens with one attached hydrogen (secondary N) is 3. The largest absolute Gasteiger partial charge is 0.456 e. The second-order valence-electron chi connectivity index (χ2n) is 6.77. The maximum absolute atomic E-state index is 11.8. The number of aromatic nitrogens is 1. The van der Waals surface area contributed by atoms with Crippen LogP contribution in [0.2, 0.25) is 0 Å². The number of imide groups is 1. The molecule has 1 aromatic carbocycles. The predicted molar refractivity (Wildman–Crippen MR) is 94.0 cm³/mol. The van der Waals surface area contributed by atoms with Crippen molar-refractivity contribution in [2.45, 2.75) is 39.2 Å². The van der Waals surface area contributed by atoms with E-state index in [-0.39, 0.29) is 6.42 Å². The molecule has 0 unspecified atom stereocenters. The number of benzene rings is 1. The van der Waals surface area contributed by atoms with Crippen LogP contribution in [0, 0.1) is 0 Å². The first-order valence-electron chi connectivity index (χ1n) is 8.07. The first-order chi connectivity index (χ1) is 11.7. The second-order valence-corrected chi connectivity index (χ2v) is 6.77. The Morgan fingerprint density at radius 3 is 2.60 bits per heavy atom. The van der Waals surface area contributed by atoms with Crippen LogP contribution in [0.25, 0.3) is 10.9 Å². The number of amides is 3. The van der Waals surface area contributed by atoms with Crippen LogP contribution >= 0.6 is 0 Å². The van der Waals surface area contributed by atoms with Gasteiger partial charge in [-0.1, -0.05) is 18.2 Å². The summed E-state index contributed by atoms with van der Waals surface area (Å²) in [6, 6.07) is 7.20. The van der Waals surface area contributed by atoms with Crippen LogP contribution in [-0.4, -0.2) is 35.0 Å². The molecular weight excluding hydrogens is 322 g/mol. The zero-order valence-electron chi connectivity index (χ0n) is 14.6.